The van der Waals surface area contributed by atoms with Crippen LogP contribution >= 0.6 is 15.9 Å². The van der Waals surface area contributed by atoms with Gasteiger partial charge in [0.1, 0.15) is 0 Å². The van der Waals surface area contributed by atoms with E-state index < -0.39 is 0 Å². The molecule has 0 aromatic carbocycles. The van der Waals surface area contributed by atoms with E-state index >= 15 is 0 Å². The van der Waals surface area contributed by atoms with Crippen molar-refractivity contribution in [3.8, 4) is 0 Å². The number of hydrogen-bond donors (Lipinski definition) is 2. The largest absolute Gasteiger partial charge is 0.396 e. The molecule has 1 aromatic rings. The van der Waals surface area contributed by atoms with Crippen molar-refractivity contribution in [3.05, 3.63) is 22.4 Å². The molecule has 22 heavy (non-hydrogen) atoms. The maximum absolute atomic E-state index is 9.53. The number of guanidine groups is 1. The van der Waals surface area contributed by atoms with Crippen LogP contribution in [-0.4, -0.2) is 47.3 Å². The van der Waals surface area contributed by atoms with E-state index in [1.165, 1.54) is 5.69 Å². The minimum absolute atomic E-state index is 0.154. The Morgan fingerprint density at radius 3 is 2.64 bits per heavy atom. The highest BCUT2D eigenvalue weighted by Crippen LogP contribution is 2.20. The standard InChI is InChI=1S/C16H29BrN4O/c1-6-16(3,12-22)11-19-15(18-7-2)21(5)10-14-8-13(17)9-20(14)4/h8-9,22H,6-7,10-12H2,1-5H3,(H,18,19). The van der Waals surface area contributed by atoms with Crippen LogP contribution in [0.15, 0.2) is 21.7 Å². The molecule has 126 valence electrons. The van der Waals surface area contributed by atoms with E-state index in [1.807, 2.05) is 20.3 Å². The molecule has 0 bridgehead atoms. The first-order chi connectivity index (χ1) is 10.3. The second-order valence-electron chi connectivity index (χ2n) is 6.11. The average molecular weight is 373 g/mol. The van der Waals surface area contributed by atoms with Crippen molar-refractivity contribution in [2.45, 2.75) is 33.7 Å². The number of aryl methyl sites for hydroxylation is 1. The number of aliphatic hydroxyl groups is 1. The first kappa shape index (κ1) is 19.0. The summed E-state index contributed by atoms with van der Waals surface area (Å²) in [4.78, 5) is 6.82. The molecule has 1 aromatic heterocycles. The first-order valence-electron chi connectivity index (χ1n) is 7.76. The van der Waals surface area contributed by atoms with Crippen LogP contribution < -0.4 is 5.32 Å². The van der Waals surface area contributed by atoms with E-state index in [2.05, 4.69) is 57.6 Å². The lowest BCUT2D eigenvalue weighted by molar-refractivity contribution is 0.145. The van der Waals surface area contributed by atoms with E-state index in [1.54, 1.807) is 0 Å². The zero-order valence-electron chi connectivity index (χ0n) is 14.4. The van der Waals surface area contributed by atoms with Crippen molar-refractivity contribution >= 4 is 21.9 Å². The van der Waals surface area contributed by atoms with Crippen molar-refractivity contribution in [3.63, 3.8) is 0 Å². The lowest BCUT2D eigenvalue weighted by Gasteiger charge is -2.26. The van der Waals surface area contributed by atoms with Gasteiger partial charge in [0.25, 0.3) is 0 Å². The van der Waals surface area contributed by atoms with Gasteiger partial charge in [0, 0.05) is 42.4 Å². The molecule has 6 heteroatoms. The zero-order valence-corrected chi connectivity index (χ0v) is 15.9. The van der Waals surface area contributed by atoms with Crippen molar-refractivity contribution in [1.29, 1.82) is 0 Å². The van der Waals surface area contributed by atoms with Crippen LogP contribution in [0.1, 0.15) is 32.9 Å². The topological polar surface area (TPSA) is 52.8 Å². The summed E-state index contributed by atoms with van der Waals surface area (Å²) in [6.45, 7) is 8.58. The molecule has 0 saturated heterocycles. The van der Waals surface area contributed by atoms with E-state index in [0.29, 0.717) is 6.54 Å². The Kier molecular flexibility index (Phi) is 7.42. The lowest BCUT2D eigenvalue weighted by atomic mass is 9.89. The summed E-state index contributed by atoms with van der Waals surface area (Å²) in [6, 6.07) is 2.12. The molecule has 0 radical (unpaired) electrons. The van der Waals surface area contributed by atoms with Gasteiger partial charge < -0.3 is 19.9 Å². The second-order valence-corrected chi connectivity index (χ2v) is 7.02. The fourth-order valence-corrected chi connectivity index (χ4v) is 2.62. The molecule has 2 N–H and O–H groups in total. The molecule has 1 atom stereocenters. The molecule has 0 spiro atoms. The Hall–Kier alpha value is -1.01. The highest BCUT2D eigenvalue weighted by atomic mass is 79.9. The average Bonchev–Trinajstić information content (AvgIpc) is 2.80. The van der Waals surface area contributed by atoms with Crippen molar-refractivity contribution < 1.29 is 5.11 Å². The van der Waals surface area contributed by atoms with Gasteiger partial charge in [-0.1, -0.05) is 13.8 Å². The summed E-state index contributed by atoms with van der Waals surface area (Å²) in [5.74, 6) is 0.868. The number of hydrogen-bond acceptors (Lipinski definition) is 2. The van der Waals surface area contributed by atoms with Gasteiger partial charge in [0.2, 0.25) is 0 Å². The predicted octanol–water partition coefficient (Wildman–Crippen LogP) is 2.59. The number of rotatable bonds is 7. The summed E-state index contributed by atoms with van der Waals surface area (Å²) >= 11 is 3.50. The Morgan fingerprint density at radius 1 is 1.50 bits per heavy atom. The third-order valence-corrected chi connectivity index (χ3v) is 4.45. The highest BCUT2D eigenvalue weighted by molar-refractivity contribution is 9.10. The fourth-order valence-electron chi connectivity index (χ4n) is 2.05. The summed E-state index contributed by atoms with van der Waals surface area (Å²) in [5.41, 5.74) is 1.05. The summed E-state index contributed by atoms with van der Waals surface area (Å²) < 4.78 is 3.19. The van der Waals surface area contributed by atoms with E-state index in [0.717, 1.165) is 29.9 Å². The number of nitrogens with one attached hydrogen (secondary N) is 1. The van der Waals surface area contributed by atoms with Gasteiger partial charge in [-0.05, 0) is 35.3 Å². The van der Waals surface area contributed by atoms with Crippen LogP contribution in [0.5, 0.6) is 0 Å². The quantitative estimate of drug-likeness (QED) is 0.571. The normalized spacial score (nSPS) is 14.8. The number of aliphatic hydroxyl groups excluding tert-OH is 1. The van der Waals surface area contributed by atoms with E-state index in [4.69, 9.17) is 4.99 Å². The van der Waals surface area contributed by atoms with Gasteiger partial charge in [-0.15, -0.1) is 0 Å². The Balaban J connectivity index is 2.82. The van der Waals surface area contributed by atoms with Gasteiger partial charge in [-0.25, -0.2) is 0 Å². The summed E-state index contributed by atoms with van der Waals surface area (Å²) in [5, 5.41) is 12.9. The monoisotopic (exact) mass is 372 g/mol. The molecule has 0 aliphatic heterocycles. The van der Waals surface area contributed by atoms with Crippen molar-refractivity contribution in [2.24, 2.45) is 17.5 Å². The zero-order chi connectivity index (χ0) is 16.8. The molecule has 0 fully saturated rings. The van der Waals surface area contributed by atoms with Crippen LogP contribution in [0.25, 0.3) is 0 Å². The third-order valence-electron chi connectivity index (χ3n) is 4.02. The third kappa shape index (κ3) is 5.32. The fraction of sp³-hybridized carbons (Fsp3) is 0.688. The maximum Gasteiger partial charge on any atom is 0.194 e. The number of halogens is 1. The molecule has 5 nitrogen and oxygen atoms in total. The molecule has 0 aliphatic carbocycles. The molecular weight excluding hydrogens is 344 g/mol. The SMILES string of the molecule is CCNC(=NCC(C)(CC)CO)N(C)Cc1cc(Br)cn1C. The first-order valence-corrected chi connectivity index (χ1v) is 8.55. The van der Waals surface area contributed by atoms with Gasteiger partial charge in [-0.2, -0.15) is 0 Å². The van der Waals surface area contributed by atoms with Crippen LogP contribution in [0.2, 0.25) is 0 Å². The van der Waals surface area contributed by atoms with Crippen molar-refractivity contribution in [1.82, 2.24) is 14.8 Å². The van der Waals surface area contributed by atoms with Crippen LogP contribution in [0, 0.1) is 5.41 Å². The molecular formula is C16H29BrN4O. The molecule has 1 heterocycles. The minimum Gasteiger partial charge on any atom is -0.396 e. The van der Waals surface area contributed by atoms with Gasteiger partial charge in [0.05, 0.1) is 19.7 Å². The van der Waals surface area contributed by atoms with Crippen molar-refractivity contribution in [2.75, 3.05) is 26.7 Å². The summed E-state index contributed by atoms with van der Waals surface area (Å²) in [7, 11) is 4.07. The van der Waals surface area contributed by atoms with Gasteiger partial charge in [-0.3, -0.25) is 4.99 Å². The number of nitrogens with zero attached hydrogens (tertiary/aromatic N) is 3. The second kappa shape index (κ2) is 8.58. The Morgan fingerprint density at radius 2 is 2.18 bits per heavy atom. The molecule has 0 amide bonds. The van der Waals surface area contributed by atoms with Gasteiger partial charge >= 0.3 is 0 Å². The smallest absolute Gasteiger partial charge is 0.194 e. The highest BCUT2D eigenvalue weighted by Gasteiger charge is 2.21. The molecule has 1 rings (SSSR count). The predicted molar refractivity (Wildman–Crippen MR) is 96.0 cm³/mol. The minimum atomic E-state index is -0.157. The lowest BCUT2D eigenvalue weighted by Crippen LogP contribution is -2.40. The van der Waals surface area contributed by atoms with Crippen LogP contribution in [-0.2, 0) is 13.6 Å². The Labute approximate surface area is 142 Å². The van der Waals surface area contributed by atoms with Crippen LogP contribution in [0.3, 0.4) is 0 Å². The maximum atomic E-state index is 9.53. The molecule has 1 unspecified atom stereocenters. The van der Waals surface area contributed by atoms with Crippen LogP contribution in [0.4, 0.5) is 0 Å². The summed E-state index contributed by atoms with van der Waals surface area (Å²) in [6.07, 6.45) is 2.95. The molecule has 0 saturated carbocycles. The number of aromatic nitrogens is 1. The molecule has 0 aliphatic rings. The van der Waals surface area contributed by atoms with Gasteiger partial charge in [0.15, 0.2) is 5.96 Å². The van der Waals surface area contributed by atoms with E-state index in [9.17, 15) is 5.11 Å². The Bertz CT molecular complexity index is 494. The van der Waals surface area contributed by atoms with E-state index in [-0.39, 0.29) is 12.0 Å². The number of aliphatic imine (C=N–C) groups is 1.